The summed E-state index contributed by atoms with van der Waals surface area (Å²) in [6.45, 7) is 14.6. The minimum atomic E-state index is -0.395. The van der Waals surface area contributed by atoms with E-state index in [2.05, 4.69) is 48.6 Å². The van der Waals surface area contributed by atoms with E-state index in [9.17, 15) is 19.2 Å². The molecule has 3 aromatic heterocycles. The molecule has 1 aliphatic heterocycles. The molecule has 21 heteroatoms. The van der Waals surface area contributed by atoms with Crippen LogP contribution in [0.4, 0.5) is 5.95 Å². The Morgan fingerprint density at radius 2 is 1.71 bits per heavy atom. The zero-order chi connectivity index (χ0) is 48.6. The molecule has 1 saturated heterocycles. The Bertz CT molecular complexity index is 2530. The Labute approximate surface area is 389 Å². The van der Waals surface area contributed by atoms with Gasteiger partial charge in [0.15, 0.2) is 17.4 Å². The van der Waals surface area contributed by atoms with Crippen LogP contribution in [0.25, 0.3) is 21.3 Å². The topological polar surface area (TPSA) is 267 Å². The number of thiazole rings is 1. The fourth-order valence-corrected chi connectivity index (χ4v) is 7.84. The lowest BCUT2D eigenvalue weighted by molar-refractivity contribution is -0.102. The van der Waals surface area contributed by atoms with Crippen molar-refractivity contribution in [2.75, 3.05) is 79.6 Å². The first-order chi connectivity index (χ1) is 32.0. The summed E-state index contributed by atoms with van der Waals surface area (Å²) in [6.07, 6.45) is 8.85. The number of hydrazine groups is 1. The monoisotopic (exact) mass is 931 g/mol. The van der Waals surface area contributed by atoms with Gasteiger partial charge in [0.1, 0.15) is 34.5 Å². The third-order valence-corrected chi connectivity index (χ3v) is 10.8. The van der Waals surface area contributed by atoms with Crippen molar-refractivity contribution < 1.29 is 33.4 Å². The van der Waals surface area contributed by atoms with Crippen molar-refractivity contribution in [1.82, 2.24) is 34.2 Å². The van der Waals surface area contributed by atoms with Gasteiger partial charge in [0.25, 0.3) is 5.91 Å². The highest BCUT2D eigenvalue weighted by Crippen LogP contribution is 2.32. The molecule has 0 radical (unpaired) electrons. The SMILES string of the molecule is CCN=C(C=O)/C=C(/C)N.CCn1nc(C)cc1C=O.CN.CN=c1sc2cc(C(=O)NN)cc(OC)c2n1C/C=C/Cn1c(NC)nc2cc(C=O)cc(OCCCN3CCOCC3)c21. The van der Waals surface area contributed by atoms with Gasteiger partial charge in [-0.2, -0.15) is 5.10 Å². The number of aliphatic imine (C=N–C) groups is 1. The summed E-state index contributed by atoms with van der Waals surface area (Å²) >= 11 is 1.47. The summed E-state index contributed by atoms with van der Waals surface area (Å²) in [6, 6.07) is 8.78. The lowest BCUT2D eigenvalue weighted by Crippen LogP contribution is -2.37. The van der Waals surface area contributed by atoms with Gasteiger partial charge in [-0.25, -0.2) is 10.8 Å². The van der Waals surface area contributed by atoms with E-state index in [1.54, 1.807) is 62.2 Å². The van der Waals surface area contributed by atoms with E-state index >= 15 is 0 Å². The largest absolute Gasteiger partial charge is 0.494 e. The predicted molar refractivity (Wildman–Crippen MR) is 261 cm³/mol. The number of hydrogen-bond donors (Lipinski definition) is 5. The zero-order valence-electron chi connectivity index (χ0n) is 39.2. The highest BCUT2D eigenvalue weighted by molar-refractivity contribution is 7.16. The number of nitrogens with two attached hydrogens (primary N) is 3. The molecular weight excluding hydrogens is 867 g/mol. The van der Waals surface area contributed by atoms with E-state index in [0.717, 1.165) is 84.6 Å². The zero-order valence-corrected chi connectivity index (χ0v) is 40.0. The highest BCUT2D eigenvalue weighted by atomic mass is 32.1. The quantitative estimate of drug-likeness (QED) is 0.0160. The van der Waals surface area contributed by atoms with E-state index in [1.165, 1.54) is 18.4 Å². The second kappa shape index (κ2) is 28.4. The van der Waals surface area contributed by atoms with Crippen LogP contribution >= 0.6 is 11.3 Å². The average molecular weight is 932 g/mol. The van der Waals surface area contributed by atoms with Gasteiger partial charge in [-0.15, -0.1) is 0 Å². The van der Waals surface area contributed by atoms with Crippen molar-refractivity contribution in [2.45, 2.75) is 53.8 Å². The number of fused-ring (bicyclic) bond motifs is 2. The number of anilines is 1. The molecule has 8 N–H and O–H groups in total. The van der Waals surface area contributed by atoms with Crippen molar-refractivity contribution >= 4 is 69.0 Å². The number of methoxy groups -OCH3 is 1. The normalized spacial score (nSPS) is 13.3. The van der Waals surface area contributed by atoms with Gasteiger partial charge in [0, 0.05) is 76.7 Å². The molecule has 0 atom stereocenters. The predicted octanol–water partition coefficient (Wildman–Crippen LogP) is 3.51. The van der Waals surface area contributed by atoms with Crippen LogP contribution in [0.15, 0.2) is 64.2 Å². The standard InChI is InChI=1S/C30H38N8O5S.C7H10N2O.C7H12N2O.CH5N/c1-32-29-34-22-15-20(19-39)16-24(43-12-6-7-36-10-13-42-14-11-36)26(22)37(29)8-4-5-9-38-27-23(41-3)17-21(28(40)35-31)18-25(27)44-30(38)33-2;1-3-9-7(5-10)4-6(2)8-9;1-3-9-7(5-10)4-6(2)8;1-2/h4-5,15-19H,6-14,31H2,1-3H3,(H,32,34)(H,35,40);4-5H,3H2,1-2H3;4-5H,3,8H2,1-2H3;2H2,1H3/b5-4+,33-30?;;6-4-,9-7?;. The Morgan fingerprint density at radius 1 is 1.00 bits per heavy atom. The van der Waals surface area contributed by atoms with Crippen LogP contribution in [-0.2, 0) is 29.2 Å². The molecule has 0 spiro atoms. The van der Waals surface area contributed by atoms with Gasteiger partial charge >= 0.3 is 0 Å². The number of benzene rings is 2. The van der Waals surface area contributed by atoms with Crippen molar-refractivity contribution in [1.29, 1.82) is 0 Å². The number of aryl methyl sites for hydroxylation is 2. The number of morpholine rings is 1. The number of aldehydes is 3. The van der Waals surface area contributed by atoms with Crippen molar-refractivity contribution in [3.63, 3.8) is 0 Å². The number of allylic oxidation sites excluding steroid dienone is 4. The Kier molecular flexibility index (Phi) is 23.2. The summed E-state index contributed by atoms with van der Waals surface area (Å²) in [4.78, 5) is 60.6. The average Bonchev–Trinajstić information content (AvgIpc) is 4.03. The molecular formula is C45H65N13O7S. The molecule has 6 rings (SSSR count). The number of nitrogens with zero attached hydrogens (tertiary/aromatic N) is 8. The Hall–Kier alpha value is -6.52. The molecule has 4 heterocycles. The molecule has 1 amide bonds. The number of nitrogen functional groups attached to an aromatic ring is 1. The third-order valence-electron chi connectivity index (χ3n) is 9.65. The number of carbonyl (C=O) groups excluding carboxylic acids is 4. The number of rotatable bonds is 18. The minimum absolute atomic E-state index is 0.395. The highest BCUT2D eigenvalue weighted by Gasteiger charge is 2.18. The molecule has 5 aromatic rings. The first-order valence-corrected chi connectivity index (χ1v) is 22.2. The van der Waals surface area contributed by atoms with Crippen LogP contribution in [-0.4, -0.2) is 134 Å². The minimum Gasteiger partial charge on any atom is -0.494 e. The van der Waals surface area contributed by atoms with E-state index in [1.807, 2.05) is 37.0 Å². The van der Waals surface area contributed by atoms with Crippen LogP contribution in [0.5, 0.6) is 11.5 Å². The fraction of sp³-hybridized carbons (Fsp3) is 0.422. The lowest BCUT2D eigenvalue weighted by atomic mass is 10.2. The molecule has 358 valence electrons. The maximum Gasteiger partial charge on any atom is 0.265 e. The second-order valence-electron chi connectivity index (χ2n) is 14.2. The smallest absolute Gasteiger partial charge is 0.265 e. The molecule has 66 heavy (non-hydrogen) atoms. The summed E-state index contributed by atoms with van der Waals surface area (Å²) < 4.78 is 24.0. The summed E-state index contributed by atoms with van der Waals surface area (Å²) in [5, 5.41) is 7.26. The number of nitrogens with one attached hydrogen (secondary N) is 2. The number of ether oxygens (including phenoxy) is 3. The summed E-state index contributed by atoms with van der Waals surface area (Å²) in [5.41, 5.74) is 17.8. The van der Waals surface area contributed by atoms with Crippen LogP contribution in [0.3, 0.4) is 0 Å². The van der Waals surface area contributed by atoms with Crippen molar-refractivity contribution in [3.05, 3.63) is 81.6 Å². The fourth-order valence-electron chi connectivity index (χ4n) is 6.78. The molecule has 1 fully saturated rings. The van der Waals surface area contributed by atoms with Gasteiger partial charge < -0.3 is 40.1 Å². The number of aromatic nitrogens is 5. The first-order valence-electron chi connectivity index (χ1n) is 21.4. The van der Waals surface area contributed by atoms with Crippen LogP contribution in [0.1, 0.15) is 64.1 Å². The Balaban J connectivity index is 0.000000431. The van der Waals surface area contributed by atoms with E-state index in [4.69, 9.17) is 30.8 Å². The summed E-state index contributed by atoms with van der Waals surface area (Å²) in [7, 11) is 6.62. The van der Waals surface area contributed by atoms with Crippen LogP contribution < -0.4 is 42.3 Å². The molecule has 0 unspecified atom stereocenters. The first kappa shape index (κ1) is 53.8. The van der Waals surface area contributed by atoms with E-state index < -0.39 is 5.91 Å². The van der Waals surface area contributed by atoms with E-state index in [-0.39, 0.29) is 0 Å². The number of imidazole rings is 1. The third kappa shape index (κ3) is 15.0. The molecule has 1 aliphatic rings. The maximum atomic E-state index is 12.2. The summed E-state index contributed by atoms with van der Waals surface area (Å²) in [5.74, 6) is 6.80. The van der Waals surface area contributed by atoms with Gasteiger partial charge in [-0.1, -0.05) is 23.5 Å². The number of amides is 1. The van der Waals surface area contributed by atoms with Gasteiger partial charge in [0.05, 0.1) is 48.6 Å². The van der Waals surface area contributed by atoms with Gasteiger partial charge in [-0.3, -0.25) is 44.2 Å². The van der Waals surface area contributed by atoms with Crippen LogP contribution in [0, 0.1) is 6.92 Å². The second-order valence-corrected chi connectivity index (χ2v) is 15.2. The maximum absolute atomic E-state index is 12.2. The van der Waals surface area contributed by atoms with E-state index in [0.29, 0.717) is 83.7 Å². The Morgan fingerprint density at radius 3 is 2.27 bits per heavy atom. The van der Waals surface area contributed by atoms with Crippen molar-refractivity contribution in [3.8, 4) is 11.5 Å². The van der Waals surface area contributed by atoms with Crippen LogP contribution in [0.2, 0.25) is 0 Å². The van der Waals surface area contributed by atoms with Crippen molar-refractivity contribution in [2.24, 2.45) is 27.3 Å². The lowest BCUT2D eigenvalue weighted by Gasteiger charge is -2.26. The number of hydrogen-bond acceptors (Lipinski definition) is 17. The number of carbonyl (C=O) groups is 4. The van der Waals surface area contributed by atoms with Gasteiger partial charge in [0.2, 0.25) is 5.95 Å². The van der Waals surface area contributed by atoms with Gasteiger partial charge in [-0.05, 0) is 77.6 Å². The molecule has 2 aromatic carbocycles. The molecule has 20 nitrogen and oxygen atoms in total. The molecule has 0 aliphatic carbocycles. The molecule has 0 bridgehead atoms. The molecule has 0 saturated carbocycles.